The number of alkyl halides is 6. The van der Waals surface area contributed by atoms with Gasteiger partial charge in [-0.2, -0.15) is 26.3 Å². The van der Waals surface area contributed by atoms with E-state index in [4.69, 9.17) is 0 Å². The molecule has 5 saturated carbocycles. The van der Waals surface area contributed by atoms with Crippen molar-refractivity contribution < 1.29 is 26.3 Å². The van der Waals surface area contributed by atoms with Crippen LogP contribution in [0.15, 0.2) is 47.4 Å². The van der Waals surface area contributed by atoms with E-state index in [0.29, 0.717) is 16.4 Å². The molecule has 7 rings (SSSR count). The molecule has 5 aliphatic carbocycles. The van der Waals surface area contributed by atoms with E-state index >= 15 is 8.78 Å². The summed E-state index contributed by atoms with van der Waals surface area (Å²) in [7, 11) is 0. The molecule has 0 saturated heterocycles. The monoisotopic (exact) mass is 480 g/mol. The largest absolute Gasteiger partial charge is 0.380 e. The molecule has 0 amide bonds. The van der Waals surface area contributed by atoms with E-state index in [1.807, 2.05) is 0 Å². The van der Waals surface area contributed by atoms with E-state index in [9.17, 15) is 17.6 Å². The summed E-state index contributed by atoms with van der Waals surface area (Å²) >= 11 is 1.22. The Labute approximate surface area is 191 Å². The summed E-state index contributed by atoms with van der Waals surface area (Å²) in [6.45, 7) is 0. The average molecular weight is 481 g/mol. The number of halogens is 6. The van der Waals surface area contributed by atoms with E-state index in [1.165, 1.54) is 36.0 Å². The summed E-state index contributed by atoms with van der Waals surface area (Å²) in [6, 6.07) is 8.96. The van der Waals surface area contributed by atoms with Gasteiger partial charge < -0.3 is 0 Å². The quantitative estimate of drug-likeness (QED) is 0.409. The summed E-state index contributed by atoms with van der Waals surface area (Å²) < 4.78 is 90.0. The predicted octanol–water partition coefficient (Wildman–Crippen LogP) is 6.51. The maximum absolute atomic E-state index is 15.2. The summed E-state index contributed by atoms with van der Waals surface area (Å²) in [5.74, 6) is -13.8. The van der Waals surface area contributed by atoms with Crippen LogP contribution in [0, 0.1) is 23.7 Å². The molecule has 33 heavy (non-hydrogen) atoms. The first-order chi connectivity index (χ1) is 15.6. The van der Waals surface area contributed by atoms with Gasteiger partial charge in [0.2, 0.25) is 0 Å². The van der Waals surface area contributed by atoms with Crippen LogP contribution in [-0.4, -0.2) is 17.8 Å². The van der Waals surface area contributed by atoms with Crippen molar-refractivity contribution in [3.05, 3.63) is 62.7 Å². The number of allylic oxidation sites excluding steroid dienone is 1. The minimum Gasteiger partial charge on any atom is -0.194 e. The third-order valence-electron chi connectivity index (χ3n) is 8.04. The third kappa shape index (κ3) is 2.90. The lowest BCUT2D eigenvalue weighted by atomic mass is 9.54. The highest BCUT2D eigenvalue weighted by atomic mass is 32.1. The van der Waals surface area contributed by atoms with Crippen molar-refractivity contribution in [3.63, 3.8) is 0 Å². The molecule has 174 valence electrons. The lowest BCUT2D eigenvalue weighted by Gasteiger charge is -2.51. The number of benzene rings is 1. The first-order valence-corrected chi connectivity index (χ1v) is 12.2. The van der Waals surface area contributed by atoms with Crippen LogP contribution in [0.2, 0.25) is 0 Å². The zero-order chi connectivity index (χ0) is 23.2. The van der Waals surface area contributed by atoms with Crippen molar-refractivity contribution in [2.24, 2.45) is 23.7 Å². The maximum atomic E-state index is 15.2. The summed E-state index contributed by atoms with van der Waals surface area (Å²) in [5, 5.41) is 1.42. The number of hydrogen-bond donors (Lipinski definition) is 0. The Hall–Kier alpha value is -2.02. The fraction of sp³-hybridized carbons (Fsp3) is 0.462. The maximum Gasteiger partial charge on any atom is 0.380 e. The van der Waals surface area contributed by atoms with Gasteiger partial charge in [0.1, 0.15) is 0 Å². The number of hydrogen-bond acceptors (Lipinski definition) is 1. The molecule has 1 aromatic heterocycles. The van der Waals surface area contributed by atoms with Gasteiger partial charge in [0, 0.05) is 20.9 Å². The molecule has 0 N–H and O–H groups in total. The van der Waals surface area contributed by atoms with Crippen LogP contribution in [-0.2, 0) is 0 Å². The second-order valence-electron chi connectivity index (χ2n) is 9.99. The number of rotatable bonds is 1. The van der Waals surface area contributed by atoms with E-state index < -0.39 is 28.9 Å². The Balaban J connectivity index is 1.67. The van der Waals surface area contributed by atoms with Crippen LogP contribution in [0.4, 0.5) is 26.3 Å². The molecule has 2 aromatic rings. The molecule has 0 nitrogen and oxygen atoms in total. The third-order valence-corrected chi connectivity index (χ3v) is 9.00. The van der Waals surface area contributed by atoms with Gasteiger partial charge in [0.15, 0.2) is 0 Å². The highest BCUT2D eigenvalue weighted by Gasteiger charge is 2.81. The first-order valence-electron chi connectivity index (χ1n) is 11.3. The fourth-order valence-corrected chi connectivity index (χ4v) is 7.94. The molecule has 7 heteroatoms. The zero-order valence-electron chi connectivity index (χ0n) is 17.6. The van der Waals surface area contributed by atoms with E-state index in [2.05, 4.69) is 0 Å². The fourth-order valence-electron chi connectivity index (χ4n) is 6.83. The normalized spacial score (nSPS) is 36.1. The van der Waals surface area contributed by atoms with Crippen molar-refractivity contribution in [2.45, 2.75) is 49.9 Å². The molecule has 0 radical (unpaired) electrons. The van der Waals surface area contributed by atoms with Gasteiger partial charge in [0.25, 0.3) is 0 Å². The topological polar surface area (TPSA) is 0 Å². The van der Waals surface area contributed by atoms with Gasteiger partial charge >= 0.3 is 17.8 Å². The van der Waals surface area contributed by atoms with Crippen molar-refractivity contribution in [1.82, 2.24) is 0 Å². The minimum absolute atomic E-state index is 0.147. The van der Waals surface area contributed by atoms with Crippen LogP contribution >= 0.6 is 11.3 Å². The van der Waals surface area contributed by atoms with Crippen molar-refractivity contribution in [1.29, 1.82) is 0 Å². The summed E-state index contributed by atoms with van der Waals surface area (Å²) in [6.07, 6.45) is 5.91. The molecule has 5 aliphatic rings. The van der Waals surface area contributed by atoms with Crippen molar-refractivity contribution in [2.75, 3.05) is 0 Å². The highest BCUT2D eigenvalue weighted by Crippen LogP contribution is 2.62. The van der Waals surface area contributed by atoms with Gasteiger partial charge in [-0.3, -0.25) is 0 Å². The van der Waals surface area contributed by atoms with E-state index in [1.54, 1.807) is 23.6 Å². The SMILES string of the molecule is FC1(F)C(=C\c2ccccc2)/C(=c2\ccsc2=C2C3CC4CC(C3)CC2C4)C(F)(F)C1(F)F. The second-order valence-corrected chi connectivity index (χ2v) is 10.9. The standard InChI is InChI=1S/C26H22F6S/c27-24(28)20(13-14-4-2-1-3-5-14)22(25(29,30)26(24,31)32)19-6-7-33-23(19)21-17-9-15-8-16(11-17)12-18(21)10-15/h1-7,13,15-18H,8-12H2/b20-13-,22-19-,23-21?. The van der Waals surface area contributed by atoms with Gasteiger partial charge in [-0.15, -0.1) is 11.3 Å². The lowest BCUT2D eigenvalue weighted by molar-refractivity contribution is -0.254. The smallest absolute Gasteiger partial charge is 0.194 e. The molecule has 1 aromatic carbocycles. The van der Waals surface area contributed by atoms with Gasteiger partial charge in [-0.1, -0.05) is 30.3 Å². The summed E-state index contributed by atoms with van der Waals surface area (Å²) in [4.78, 5) is 0. The highest BCUT2D eigenvalue weighted by molar-refractivity contribution is 7.07. The van der Waals surface area contributed by atoms with Gasteiger partial charge in [0.05, 0.1) is 0 Å². The Bertz CT molecular complexity index is 1220. The molecule has 0 atom stereocenters. The van der Waals surface area contributed by atoms with Crippen LogP contribution in [0.5, 0.6) is 0 Å². The minimum atomic E-state index is -5.51. The molecular weight excluding hydrogens is 458 g/mol. The van der Waals surface area contributed by atoms with Gasteiger partial charge in [-0.25, -0.2) is 0 Å². The van der Waals surface area contributed by atoms with Crippen LogP contribution in [0.25, 0.3) is 17.2 Å². The Morgan fingerprint density at radius 3 is 1.97 bits per heavy atom. The molecule has 1 heterocycles. The predicted molar refractivity (Wildman–Crippen MR) is 117 cm³/mol. The second kappa shape index (κ2) is 7.00. The average Bonchev–Trinajstić information content (AvgIpc) is 3.24. The van der Waals surface area contributed by atoms with Gasteiger partial charge in [-0.05, 0) is 84.4 Å². The summed E-state index contributed by atoms with van der Waals surface area (Å²) in [5.41, 5.74) is -1.29. The Kier molecular flexibility index (Phi) is 4.56. The number of thiophene rings is 1. The lowest BCUT2D eigenvalue weighted by Crippen LogP contribution is -2.48. The molecule has 5 fully saturated rings. The van der Waals surface area contributed by atoms with Crippen LogP contribution < -0.4 is 9.75 Å². The van der Waals surface area contributed by atoms with E-state index in [0.717, 1.165) is 37.3 Å². The van der Waals surface area contributed by atoms with Crippen LogP contribution in [0.3, 0.4) is 0 Å². The van der Waals surface area contributed by atoms with Crippen LogP contribution in [0.1, 0.15) is 37.7 Å². The van der Waals surface area contributed by atoms with Crippen molar-refractivity contribution >= 4 is 28.6 Å². The Morgan fingerprint density at radius 2 is 1.36 bits per heavy atom. The van der Waals surface area contributed by atoms with E-state index in [-0.39, 0.29) is 22.6 Å². The zero-order valence-corrected chi connectivity index (χ0v) is 18.5. The molecular formula is C26H22F6S. The first kappa shape index (κ1) is 21.5. The molecule has 0 aliphatic heterocycles. The Morgan fingerprint density at radius 1 is 0.758 bits per heavy atom. The van der Waals surface area contributed by atoms with Crippen molar-refractivity contribution in [3.8, 4) is 0 Å². The molecule has 0 spiro atoms. The molecule has 0 unspecified atom stereocenters. The molecule has 4 bridgehead atoms.